The van der Waals surface area contributed by atoms with E-state index < -0.39 is 21.5 Å². The summed E-state index contributed by atoms with van der Waals surface area (Å²) in [5.74, 6) is -0.449. The number of quaternary nitrogens is 1. The van der Waals surface area contributed by atoms with Crippen molar-refractivity contribution < 1.29 is 28.1 Å². The number of piperidine rings is 1. The molecule has 2 aliphatic rings. The van der Waals surface area contributed by atoms with E-state index in [2.05, 4.69) is 5.32 Å². The van der Waals surface area contributed by atoms with E-state index in [4.69, 9.17) is 4.74 Å². The molecule has 0 saturated carbocycles. The Bertz CT molecular complexity index is 1620. The van der Waals surface area contributed by atoms with Gasteiger partial charge in [-0.25, -0.2) is 12.7 Å². The lowest BCUT2D eigenvalue weighted by molar-refractivity contribution is -0.505. The summed E-state index contributed by atoms with van der Waals surface area (Å²) >= 11 is 0. The number of nitrogens with one attached hydrogen (secondary N) is 1. The first-order valence-corrected chi connectivity index (χ1v) is 14.2. The quantitative estimate of drug-likeness (QED) is 0.432. The minimum atomic E-state index is -3.27. The average molecular weight is 538 g/mol. The van der Waals surface area contributed by atoms with Crippen LogP contribution in [0.3, 0.4) is 0 Å². The highest BCUT2D eigenvalue weighted by atomic mass is 32.2. The number of carbonyl (C=O) groups is 2. The van der Waals surface area contributed by atoms with Crippen LogP contribution >= 0.6 is 0 Å². The van der Waals surface area contributed by atoms with Crippen LogP contribution in [0.25, 0.3) is 16.7 Å². The third-order valence-corrected chi connectivity index (χ3v) is 8.38. The standard InChI is InChI=1S/C27H28N4O6S/c1-37-25-22-23(29-24(25)26(33)28-18-12-14-30(15-13-18)38(2,35)36)19-10-6-7-11-20(19)31(27(22)34)16-21(32)17-8-4-3-5-9-17/h3-11,18,29H,12-16H2,1-2H3,(H,28,33)/p+1. The molecule has 0 bridgehead atoms. The predicted octanol–water partition coefficient (Wildman–Crippen LogP) is 0.948. The Morgan fingerprint density at radius 2 is 1.71 bits per heavy atom. The van der Waals surface area contributed by atoms with Crippen LogP contribution in [0.1, 0.15) is 28.8 Å². The van der Waals surface area contributed by atoms with Crippen LogP contribution in [-0.2, 0) is 26.1 Å². The van der Waals surface area contributed by atoms with Crippen molar-refractivity contribution in [3.05, 3.63) is 81.8 Å². The van der Waals surface area contributed by atoms with Gasteiger partial charge in [-0.15, -0.1) is 0 Å². The summed E-state index contributed by atoms with van der Waals surface area (Å²) in [6, 6.07) is 15.8. The Kier molecular flexibility index (Phi) is 6.91. The molecule has 198 valence electrons. The number of benzene rings is 2. The number of nitrogens with two attached hydrogens (primary N) is 1. The van der Waals surface area contributed by atoms with Crippen molar-refractivity contribution in [3.8, 4) is 0 Å². The number of ether oxygens (including phenoxy) is 1. The van der Waals surface area contributed by atoms with E-state index >= 15 is 0 Å². The van der Waals surface area contributed by atoms with Gasteiger partial charge in [0, 0.05) is 24.7 Å². The number of sulfonamides is 1. The summed E-state index contributed by atoms with van der Waals surface area (Å²) < 4.78 is 32.0. The van der Waals surface area contributed by atoms with Crippen LogP contribution in [0.5, 0.6) is 0 Å². The summed E-state index contributed by atoms with van der Waals surface area (Å²) in [6.45, 7) is 0.497. The van der Waals surface area contributed by atoms with Gasteiger partial charge in [0.25, 0.3) is 5.56 Å². The second kappa shape index (κ2) is 10.2. The van der Waals surface area contributed by atoms with Gasteiger partial charge in [-0.05, 0) is 25.0 Å². The summed E-state index contributed by atoms with van der Waals surface area (Å²) in [6.07, 6.45) is 2.15. The van der Waals surface area contributed by atoms with Crippen molar-refractivity contribution in [1.82, 2.24) is 14.2 Å². The van der Waals surface area contributed by atoms with Gasteiger partial charge in [0.15, 0.2) is 17.0 Å². The highest BCUT2D eigenvalue weighted by Gasteiger charge is 2.39. The number of hydrogen-bond acceptors (Lipinski definition) is 6. The number of rotatable bonds is 7. The first kappa shape index (κ1) is 25.8. The fourth-order valence-electron chi connectivity index (χ4n) is 5.14. The Hall–Kier alpha value is -3.80. The second-order valence-electron chi connectivity index (χ2n) is 9.49. The average Bonchev–Trinajstić information content (AvgIpc) is 3.31. The topological polar surface area (TPSA) is 131 Å². The monoisotopic (exact) mass is 537 g/mol. The molecule has 1 saturated heterocycles. The van der Waals surface area contributed by atoms with Gasteiger partial charge < -0.3 is 10.1 Å². The van der Waals surface area contributed by atoms with Crippen molar-refractivity contribution in [2.75, 3.05) is 26.5 Å². The fraction of sp³-hybridized carbons (Fsp3) is 0.296. The fourth-order valence-corrected chi connectivity index (χ4v) is 6.01. The van der Waals surface area contributed by atoms with E-state index in [1.165, 1.54) is 22.2 Å². The zero-order chi connectivity index (χ0) is 27.0. The molecule has 0 unspecified atom stereocenters. The number of methoxy groups -OCH3 is 1. The predicted molar refractivity (Wildman–Crippen MR) is 142 cm³/mol. The number of para-hydroxylation sites is 1. The first-order valence-electron chi connectivity index (χ1n) is 12.3. The maximum atomic E-state index is 13.8. The molecule has 0 spiro atoms. The highest BCUT2D eigenvalue weighted by molar-refractivity contribution is 7.88. The summed E-state index contributed by atoms with van der Waals surface area (Å²) in [4.78, 5) is 40.2. The van der Waals surface area contributed by atoms with E-state index in [9.17, 15) is 22.8 Å². The molecule has 5 rings (SSSR count). The third-order valence-electron chi connectivity index (χ3n) is 7.08. The zero-order valence-corrected chi connectivity index (χ0v) is 22.0. The number of fused-ring (bicyclic) bond motifs is 3. The lowest BCUT2D eigenvalue weighted by Gasteiger charge is -2.30. The molecular formula is C27H29N4O6S+. The van der Waals surface area contributed by atoms with Crippen molar-refractivity contribution in [1.29, 1.82) is 0 Å². The molecule has 0 radical (unpaired) electrons. The van der Waals surface area contributed by atoms with E-state index in [0.29, 0.717) is 42.7 Å². The number of amides is 1. The van der Waals surface area contributed by atoms with E-state index in [-0.39, 0.29) is 35.4 Å². The highest BCUT2D eigenvalue weighted by Crippen LogP contribution is 2.31. The van der Waals surface area contributed by atoms with Crippen LogP contribution in [0, 0.1) is 0 Å². The number of hydrogen-bond donors (Lipinski definition) is 2. The number of nitrogens with zero attached hydrogens (tertiary/aromatic N) is 2. The van der Waals surface area contributed by atoms with E-state index in [1.807, 2.05) is 18.2 Å². The van der Waals surface area contributed by atoms with E-state index in [0.717, 1.165) is 5.39 Å². The van der Waals surface area contributed by atoms with Crippen LogP contribution in [-0.4, -0.2) is 61.5 Å². The second-order valence-corrected chi connectivity index (χ2v) is 11.5. The molecule has 3 aromatic rings. The maximum Gasteiger partial charge on any atom is 0.309 e. The lowest BCUT2D eigenvalue weighted by Crippen LogP contribution is -2.77. The van der Waals surface area contributed by atoms with Crippen LogP contribution in [0.4, 0.5) is 5.69 Å². The maximum absolute atomic E-state index is 13.8. The molecule has 11 heteroatoms. The number of aromatic nitrogens is 1. The Balaban J connectivity index is 1.48. The van der Waals surface area contributed by atoms with Gasteiger partial charge in [-0.1, -0.05) is 42.5 Å². The van der Waals surface area contributed by atoms with Gasteiger partial charge in [0.1, 0.15) is 0 Å². The van der Waals surface area contributed by atoms with Crippen molar-refractivity contribution in [2.45, 2.75) is 25.4 Å². The Morgan fingerprint density at radius 3 is 2.37 bits per heavy atom. The van der Waals surface area contributed by atoms with Crippen molar-refractivity contribution in [3.63, 3.8) is 0 Å². The first-order chi connectivity index (χ1) is 18.2. The van der Waals surface area contributed by atoms with Crippen LogP contribution < -0.4 is 16.2 Å². The Labute approximate surface area is 219 Å². The molecule has 2 aromatic carbocycles. The minimum absolute atomic E-state index is 0.155. The summed E-state index contributed by atoms with van der Waals surface area (Å²) in [5.41, 5.74) is 1.71. The molecular weight excluding hydrogens is 508 g/mol. The summed E-state index contributed by atoms with van der Waals surface area (Å²) in [7, 11) is -1.87. The van der Waals surface area contributed by atoms with Crippen molar-refractivity contribution in [2.24, 2.45) is 0 Å². The van der Waals surface area contributed by atoms with E-state index in [1.54, 1.807) is 41.7 Å². The Morgan fingerprint density at radius 1 is 1.05 bits per heavy atom. The van der Waals surface area contributed by atoms with Gasteiger partial charge in [0.05, 0.1) is 30.8 Å². The number of pyridine rings is 1. The molecule has 3 heterocycles. The smallest absolute Gasteiger partial charge is 0.309 e. The number of carbonyl (C=O) groups excluding carboxylic acids is 2. The SMILES string of the molecule is COC1=C(C(=O)NC2CCN(S(C)(=O)=O)CC2)[NH2+]c2c1c(=O)n(CC(=O)c1ccccc1)c1ccccc21. The largest absolute Gasteiger partial charge is 0.490 e. The van der Waals surface area contributed by atoms with Gasteiger partial charge in [0.2, 0.25) is 21.5 Å². The molecule has 1 amide bonds. The molecule has 2 aliphatic heterocycles. The van der Waals surface area contributed by atoms with Gasteiger partial charge in [-0.2, -0.15) is 0 Å². The molecule has 38 heavy (non-hydrogen) atoms. The number of ketones is 1. The third kappa shape index (κ3) is 4.75. The molecule has 3 N–H and O–H groups in total. The zero-order valence-electron chi connectivity index (χ0n) is 21.1. The van der Waals surface area contributed by atoms with Gasteiger partial charge >= 0.3 is 5.91 Å². The summed E-state index contributed by atoms with van der Waals surface area (Å²) in [5, 5.41) is 5.35. The molecule has 10 nitrogen and oxygen atoms in total. The normalized spacial score (nSPS) is 16.5. The molecule has 0 atom stereocenters. The van der Waals surface area contributed by atoms with Gasteiger partial charge in [-0.3, -0.25) is 24.3 Å². The van der Waals surface area contributed by atoms with Crippen LogP contribution in [0.2, 0.25) is 0 Å². The van der Waals surface area contributed by atoms with Crippen molar-refractivity contribution >= 4 is 44.1 Å². The molecule has 0 aliphatic carbocycles. The lowest BCUT2D eigenvalue weighted by atomic mass is 10.1. The van der Waals surface area contributed by atoms with Crippen LogP contribution in [0.15, 0.2) is 65.1 Å². The molecule has 1 fully saturated rings. The molecule has 1 aromatic heterocycles. The minimum Gasteiger partial charge on any atom is -0.490 e. The number of Topliss-reactive ketones (excluding diaryl/α,β-unsaturated/α-hetero) is 1.